The maximum Gasteiger partial charge on any atom is 0.269 e. The molecule has 0 saturated heterocycles. The monoisotopic (exact) mass is 220 g/mol. The lowest BCUT2D eigenvalue weighted by molar-refractivity contribution is -0.384. The van der Waals surface area contributed by atoms with E-state index in [1.165, 1.54) is 17.7 Å². The first-order chi connectivity index (χ1) is 7.54. The molecule has 1 aromatic carbocycles. The van der Waals surface area contributed by atoms with Crippen molar-refractivity contribution >= 4 is 11.8 Å². The van der Waals surface area contributed by atoms with Crippen LogP contribution >= 0.6 is 0 Å². The largest absolute Gasteiger partial charge is 0.314 e. The minimum absolute atomic E-state index is 0.122. The van der Waals surface area contributed by atoms with Crippen molar-refractivity contribution in [3.05, 3.63) is 45.5 Å². The lowest BCUT2D eigenvalue weighted by atomic mass is 10.1. The molecule has 0 bridgehead atoms. The fourth-order valence-electron chi connectivity index (χ4n) is 1.31. The van der Waals surface area contributed by atoms with Crippen LogP contribution in [0.1, 0.15) is 19.4 Å². The summed E-state index contributed by atoms with van der Waals surface area (Å²) in [6.45, 7) is 4.10. The zero-order valence-corrected chi connectivity index (χ0v) is 9.73. The van der Waals surface area contributed by atoms with Crippen LogP contribution in [0.5, 0.6) is 0 Å². The molecular weight excluding hydrogens is 204 g/mol. The maximum absolute atomic E-state index is 10.5. The molecule has 1 unspecified atom stereocenters. The Balaban J connectivity index is 2.86. The highest BCUT2D eigenvalue weighted by molar-refractivity contribution is 5.55. The van der Waals surface area contributed by atoms with Crippen molar-refractivity contribution in [3.63, 3.8) is 0 Å². The van der Waals surface area contributed by atoms with Crippen molar-refractivity contribution < 1.29 is 4.92 Å². The molecule has 1 rings (SSSR count). The van der Waals surface area contributed by atoms with Crippen LogP contribution in [0.15, 0.2) is 29.8 Å². The van der Waals surface area contributed by atoms with Crippen LogP contribution in [0.2, 0.25) is 0 Å². The van der Waals surface area contributed by atoms with Gasteiger partial charge in [-0.2, -0.15) is 0 Å². The van der Waals surface area contributed by atoms with Gasteiger partial charge in [-0.25, -0.2) is 0 Å². The predicted molar refractivity (Wildman–Crippen MR) is 65.3 cm³/mol. The summed E-state index contributed by atoms with van der Waals surface area (Å²) in [7, 11) is 1.90. The second-order valence-electron chi connectivity index (χ2n) is 3.75. The minimum Gasteiger partial charge on any atom is -0.314 e. The summed E-state index contributed by atoms with van der Waals surface area (Å²) in [6, 6.07) is 6.84. The average Bonchev–Trinajstić information content (AvgIpc) is 2.28. The fraction of sp³-hybridized carbons (Fsp3) is 0.333. The van der Waals surface area contributed by atoms with Crippen molar-refractivity contribution in [2.45, 2.75) is 19.9 Å². The topological polar surface area (TPSA) is 55.2 Å². The molecular formula is C12H16N2O2. The highest BCUT2D eigenvalue weighted by Gasteiger charge is 2.04. The number of hydrogen-bond acceptors (Lipinski definition) is 3. The molecule has 0 spiro atoms. The first-order valence-corrected chi connectivity index (χ1v) is 5.14. The van der Waals surface area contributed by atoms with Crippen molar-refractivity contribution in [2.75, 3.05) is 7.05 Å². The summed E-state index contributed by atoms with van der Waals surface area (Å²) in [4.78, 5) is 10.1. The van der Waals surface area contributed by atoms with E-state index in [9.17, 15) is 10.1 Å². The zero-order chi connectivity index (χ0) is 12.1. The Kier molecular flexibility index (Phi) is 4.19. The quantitative estimate of drug-likeness (QED) is 0.626. The van der Waals surface area contributed by atoms with Crippen LogP contribution < -0.4 is 5.32 Å². The third kappa shape index (κ3) is 3.17. The third-order valence-corrected chi connectivity index (χ3v) is 2.61. The molecule has 0 amide bonds. The van der Waals surface area contributed by atoms with Gasteiger partial charge in [-0.15, -0.1) is 0 Å². The molecule has 4 heteroatoms. The molecule has 4 nitrogen and oxygen atoms in total. The SMILES string of the molecule is CNC(C)/C(C)=C/c1ccc([N+](=O)[O-])cc1. The Morgan fingerprint density at radius 2 is 2.00 bits per heavy atom. The van der Waals surface area contributed by atoms with Gasteiger partial charge in [0.1, 0.15) is 0 Å². The Hall–Kier alpha value is -1.68. The fourth-order valence-corrected chi connectivity index (χ4v) is 1.31. The molecule has 86 valence electrons. The molecule has 0 fully saturated rings. The van der Waals surface area contributed by atoms with E-state index in [0.29, 0.717) is 6.04 Å². The molecule has 0 radical (unpaired) electrons. The summed E-state index contributed by atoms with van der Waals surface area (Å²) < 4.78 is 0. The zero-order valence-electron chi connectivity index (χ0n) is 9.73. The first kappa shape index (κ1) is 12.4. The highest BCUT2D eigenvalue weighted by Crippen LogP contribution is 2.15. The molecule has 0 aliphatic heterocycles. The van der Waals surface area contributed by atoms with E-state index in [1.807, 2.05) is 20.0 Å². The van der Waals surface area contributed by atoms with E-state index in [0.717, 1.165) is 5.56 Å². The summed E-state index contributed by atoms with van der Waals surface area (Å²) in [5, 5.41) is 13.6. The molecule has 0 saturated carbocycles. The molecule has 1 atom stereocenters. The van der Waals surface area contributed by atoms with Gasteiger partial charge in [0, 0.05) is 18.2 Å². The van der Waals surface area contributed by atoms with Crippen molar-refractivity contribution in [2.24, 2.45) is 0 Å². The average molecular weight is 220 g/mol. The molecule has 1 aromatic rings. The van der Waals surface area contributed by atoms with E-state index in [2.05, 4.69) is 12.2 Å². The van der Waals surface area contributed by atoms with Gasteiger partial charge < -0.3 is 5.32 Å². The standard InChI is InChI=1S/C12H16N2O2/c1-9(10(2)13-3)8-11-4-6-12(7-5-11)14(15)16/h4-8,10,13H,1-3H3/b9-8+. The van der Waals surface area contributed by atoms with Crippen LogP contribution in [0.3, 0.4) is 0 Å². The first-order valence-electron chi connectivity index (χ1n) is 5.14. The Labute approximate surface area is 95.1 Å². The van der Waals surface area contributed by atoms with E-state index in [-0.39, 0.29) is 5.69 Å². The van der Waals surface area contributed by atoms with Crippen LogP contribution in [0, 0.1) is 10.1 Å². The maximum atomic E-state index is 10.5. The Morgan fingerprint density at radius 3 is 2.44 bits per heavy atom. The molecule has 16 heavy (non-hydrogen) atoms. The predicted octanol–water partition coefficient (Wildman–Crippen LogP) is 2.61. The van der Waals surface area contributed by atoms with E-state index in [4.69, 9.17) is 0 Å². The number of likely N-dealkylation sites (N-methyl/N-ethyl adjacent to an activating group) is 1. The van der Waals surface area contributed by atoms with Crippen LogP contribution in [-0.2, 0) is 0 Å². The molecule has 0 aliphatic carbocycles. The highest BCUT2D eigenvalue weighted by atomic mass is 16.6. The number of nitrogens with one attached hydrogen (secondary N) is 1. The van der Waals surface area contributed by atoms with Gasteiger partial charge in [-0.05, 0) is 38.6 Å². The summed E-state index contributed by atoms with van der Waals surface area (Å²) in [5.74, 6) is 0. The molecule has 0 heterocycles. The number of hydrogen-bond donors (Lipinski definition) is 1. The van der Waals surface area contributed by atoms with Gasteiger partial charge in [0.2, 0.25) is 0 Å². The second-order valence-corrected chi connectivity index (χ2v) is 3.75. The number of benzene rings is 1. The summed E-state index contributed by atoms with van der Waals surface area (Å²) in [6.07, 6.45) is 2.02. The second kappa shape index (κ2) is 5.42. The van der Waals surface area contributed by atoms with Gasteiger partial charge in [-0.3, -0.25) is 10.1 Å². The van der Waals surface area contributed by atoms with Crippen LogP contribution in [0.25, 0.3) is 6.08 Å². The van der Waals surface area contributed by atoms with Gasteiger partial charge in [0.05, 0.1) is 4.92 Å². The number of nitrogens with zero attached hydrogens (tertiary/aromatic N) is 1. The third-order valence-electron chi connectivity index (χ3n) is 2.61. The lowest BCUT2D eigenvalue weighted by Crippen LogP contribution is -2.21. The van der Waals surface area contributed by atoms with Crippen LogP contribution in [0.4, 0.5) is 5.69 Å². The van der Waals surface area contributed by atoms with E-state index in [1.54, 1.807) is 12.1 Å². The number of non-ortho nitro benzene ring substituents is 1. The molecule has 0 aliphatic rings. The van der Waals surface area contributed by atoms with Crippen molar-refractivity contribution in [3.8, 4) is 0 Å². The molecule has 1 N–H and O–H groups in total. The molecule has 0 aromatic heterocycles. The van der Waals surface area contributed by atoms with Gasteiger partial charge in [0.15, 0.2) is 0 Å². The minimum atomic E-state index is -0.392. The summed E-state index contributed by atoms with van der Waals surface area (Å²) in [5.41, 5.74) is 2.29. The number of nitro benzene ring substituents is 1. The Bertz CT molecular complexity index is 396. The van der Waals surface area contributed by atoms with Gasteiger partial charge in [0.25, 0.3) is 5.69 Å². The number of rotatable bonds is 4. The smallest absolute Gasteiger partial charge is 0.269 e. The lowest BCUT2D eigenvalue weighted by Gasteiger charge is -2.10. The Morgan fingerprint density at radius 1 is 1.44 bits per heavy atom. The van der Waals surface area contributed by atoms with Crippen molar-refractivity contribution in [1.29, 1.82) is 0 Å². The van der Waals surface area contributed by atoms with Gasteiger partial charge >= 0.3 is 0 Å². The van der Waals surface area contributed by atoms with Crippen LogP contribution in [-0.4, -0.2) is 18.0 Å². The van der Waals surface area contributed by atoms with E-state index >= 15 is 0 Å². The normalized spacial score (nSPS) is 13.6. The number of nitro groups is 1. The summed E-state index contributed by atoms with van der Waals surface area (Å²) >= 11 is 0. The van der Waals surface area contributed by atoms with Gasteiger partial charge in [-0.1, -0.05) is 11.6 Å². The van der Waals surface area contributed by atoms with Crippen molar-refractivity contribution in [1.82, 2.24) is 5.32 Å². The van der Waals surface area contributed by atoms with E-state index < -0.39 is 4.92 Å².